The Labute approximate surface area is 158 Å². The van der Waals surface area contributed by atoms with Crippen molar-refractivity contribution in [2.24, 2.45) is 5.92 Å². The number of fused-ring (bicyclic) bond motifs is 1. The average molecular weight is 380 g/mol. The summed E-state index contributed by atoms with van der Waals surface area (Å²) in [5.74, 6) is 0.327. The summed E-state index contributed by atoms with van der Waals surface area (Å²) < 4.78 is 5.37. The van der Waals surface area contributed by atoms with Gasteiger partial charge in [0, 0.05) is 31.9 Å². The van der Waals surface area contributed by atoms with Gasteiger partial charge in [-0.25, -0.2) is 14.8 Å². The zero-order chi connectivity index (χ0) is 18.9. The van der Waals surface area contributed by atoms with Crippen LogP contribution in [-0.2, 0) is 11.3 Å². The highest BCUT2D eigenvalue weighted by Crippen LogP contribution is 2.26. The Morgan fingerprint density at radius 1 is 1.46 bits per heavy atom. The number of amides is 1. The lowest BCUT2D eigenvalue weighted by Gasteiger charge is -2.37. The number of halogens is 1. The fraction of sp³-hybridized carbons (Fsp3) is 0.611. The number of aromatic amines is 1. The molecule has 3 heterocycles. The van der Waals surface area contributed by atoms with E-state index in [0.717, 1.165) is 42.7 Å². The number of rotatable bonds is 3. The zero-order valence-corrected chi connectivity index (χ0v) is 16.4. The molecule has 8 heteroatoms. The van der Waals surface area contributed by atoms with Gasteiger partial charge in [0.05, 0.1) is 5.39 Å². The van der Waals surface area contributed by atoms with E-state index in [2.05, 4.69) is 32.1 Å². The number of ether oxygens (including phenoxy) is 1. The molecule has 0 spiro atoms. The third-order valence-corrected chi connectivity index (χ3v) is 4.88. The fourth-order valence-corrected chi connectivity index (χ4v) is 3.65. The quantitative estimate of drug-likeness (QED) is 0.799. The van der Waals surface area contributed by atoms with Crippen molar-refractivity contribution in [2.45, 2.75) is 52.3 Å². The average Bonchev–Trinajstić information content (AvgIpc) is 2.93. The Bertz CT molecular complexity index is 785. The molecule has 1 amide bonds. The molecular weight excluding hydrogens is 354 g/mol. The predicted octanol–water partition coefficient (Wildman–Crippen LogP) is 3.35. The molecular formula is C18H26ClN5O2. The van der Waals surface area contributed by atoms with E-state index >= 15 is 0 Å². The maximum atomic E-state index is 12.0. The van der Waals surface area contributed by atoms with Crippen molar-refractivity contribution in [1.82, 2.24) is 25.2 Å². The molecule has 0 radical (unpaired) electrons. The van der Waals surface area contributed by atoms with Gasteiger partial charge in [0.2, 0.25) is 0 Å². The number of carbonyl (C=O) groups excluding carboxylic acids is 1. The number of H-pyrrole nitrogens is 1. The lowest BCUT2D eigenvalue weighted by molar-refractivity contribution is 0.0440. The summed E-state index contributed by atoms with van der Waals surface area (Å²) in [6.07, 6.45) is 3.94. The van der Waals surface area contributed by atoms with Crippen LogP contribution in [0.2, 0.25) is 5.15 Å². The van der Waals surface area contributed by atoms with E-state index in [-0.39, 0.29) is 12.1 Å². The molecule has 2 aromatic heterocycles. The molecule has 2 atom stereocenters. The molecule has 1 fully saturated rings. The minimum Gasteiger partial charge on any atom is -0.444 e. The molecule has 1 saturated heterocycles. The van der Waals surface area contributed by atoms with Gasteiger partial charge in [0.15, 0.2) is 0 Å². The van der Waals surface area contributed by atoms with Crippen LogP contribution in [0.15, 0.2) is 12.5 Å². The van der Waals surface area contributed by atoms with Crippen LogP contribution in [0.25, 0.3) is 11.0 Å². The van der Waals surface area contributed by atoms with Gasteiger partial charge in [0.25, 0.3) is 0 Å². The van der Waals surface area contributed by atoms with Gasteiger partial charge in [-0.15, -0.1) is 0 Å². The molecule has 0 aliphatic carbocycles. The van der Waals surface area contributed by atoms with Crippen molar-refractivity contribution in [3.05, 3.63) is 23.2 Å². The van der Waals surface area contributed by atoms with Crippen LogP contribution in [0.5, 0.6) is 0 Å². The molecule has 3 rings (SSSR count). The number of hydrogen-bond acceptors (Lipinski definition) is 5. The Morgan fingerprint density at radius 3 is 2.92 bits per heavy atom. The maximum Gasteiger partial charge on any atom is 0.407 e. The van der Waals surface area contributed by atoms with Crippen LogP contribution in [-0.4, -0.2) is 50.7 Å². The van der Waals surface area contributed by atoms with Crippen LogP contribution in [0, 0.1) is 5.92 Å². The van der Waals surface area contributed by atoms with E-state index in [1.54, 1.807) is 0 Å². The SMILES string of the molecule is C[C@@H]1CN(Cc2c[nH]c3ncnc(Cl)c23)CC[C@H]1NC(=O)OC(C)(C)C. The highest BCUT2D eigenvalue weighted by atomic mass is 35.5. The molecule has 0 saturated carbocycles. The number of carbonyl (C=O) groups is 1. The van der Waals surface area contributed by atoms with Crippen molar-refractivity contribution in [1.29, 1.82) is 0 Å². The topological polar surface area (TPSA) is 83.1 Å². The molecule has 1 aliphatic rings. The summed E-state index contributed by atoms with van der Waals surface area (Å²) >= 11 is 6.23. The molecule has 26 heavy (non-hydrogen) atoms. The van der Waals surface area contributed by atoms with Gasteiger partial charge < -0.3 is 15.0 Å². The summed E-state index contributed by atoms with van der Waals surface area (Å²) in [4.78, 5) is 25.8. The highest BCUT2D eigenvalue weighted by molar-refractivity contribution is 6.34. The first-order valence-electron chi connectivity index (χ1n) is 8.91. The molecule has 0 bridgehead atoms. The van der Waals surface area contributed by atoms with Crippen LogP contribution < -0.4 is 5.32 Å². The number of nitrogens with one attached hydrogen (secondary N) is 2. The van der Waals surface area contributed by atoms with E-state index in [4.69, 9.17) is 16.3 Å². The minimum absolute atomic E-state index is 0.121. The summed E-state index contributed by atoms with van der Waals surface area (Å²) in [5, 5.41) is 4.37. The first kappa shape index (κ1) is 18.9. The minimum atomic E-state index is -0.481. The molecule has 2 N–H and O–H groups in total. The Balaban J connectivity index is 1.59. The van der Waals surface area contributed by atoms with Crippen LogP contribution >= 0.6 is 11.6 Å². The van der Waals surface area contributed by atoms with Gasteiger partial charge in [-0.2, -0.15) is 0 Å². The third-order valence-electron chi connectivity index (χ3n) is 4.59. The Kier molecular flexibility index (Phi) is 5.39. The van der Waals surface area contributed by atoms with E-state index < -0.39 is 5.60 Å². The smallest absolute Gasteiger partial charge is 0.407 e. The second-order valence-corrected chi connectivity index (χ2v) is 8.31. The molecule has 7 nitrogen and oxygen atoms in total. The van der Waals surface area contributed by atoms with Crippen molar-refractivity contribution in [3.8, 4) is 0 Å². The first-order valence-corrected chi connectivity index (χ1v) is 9.29. The van der Waals surface area contributed by atoms with E-state index in [0.29, 0.717) is 11.1 Å². The normalized spacial score (nSPS) is 21.7. The number of piperidine rings is 1. The molecule has 0 unspecified atom stereocenters. The largest absolute Gasteiger partial charge is 0.444 e. The lowest BCUT2D eigenvalue weighted by Crippen LogP contribution is -2.50. The summed E-state index contributed by atoms with van der Waals surface area (Å²) in [7, 11) is 0. The summed E-state index contributed by atoms with van der Waals surface area (Å²) in [6, 6.07) is 0.121. The summed E-state index contributed by atoms with van der Waals surface area (Å²) in [6.45, 7) is 10.3. The molecule has 142 valence electrons. The molecule has 0 aromatic carbocycles. The zero-order valence-electron chi connectivity index (χ0n) is 15.7. The van der Waals surface area contributed by atoms with Gasteiger partial charge in [-0.3, -0.25) is 4.90 Å². The fourth-order valence-electron chi connectivity index (χ4n) is 3.40. The monoisotopic (exact) mass is 379 g/mol. The van der Waals surface area contributed by atoms with Crippen molar-refractivity contribution >= 4 is 28.7 Å². The van der Waals surface area contributed by atoms with Crippen molar-refractivity contribution in [2.75, 3.05) is 13.1 Å². The highest BCUT2D eigenvalue weighted by Gasteiger charge is 2.29. The standard InChI is InChI=1S/C18H26ClN5O2/c1-11-8-24(6-5-13(11)23-17(25)26-18(2,3)4)9-12-7-20-16-14(12)15(19)21-10-22-16/h7,10-11,13H,5-6,8-9H2,1-4H3,(H,23,25)(H,20,21,22)/t11-,13-/m1/s1. The van der Waals surface area contributed by atoms with Gasteiger partial charge in [0.1, 0.15) is 22.7 Å². The van der Waals surface area contributed by atoms with Crippen molar-refractivity contribution in [3.63, 3.8) is 0 Å². The number of nitrogens with zero attached hydrogens (tertiary/aromatic N) is 3. The predicted molar refractivity (Wildman–Crippen MR) is 101 cm³/mol. The maximum absolute atomic E-state index is 12.0. The molecule has 1 aliphatic heterocycles. The van der Waals surface area contributed by atoms with E-state index in [1.807, 2.05) is 27.0 Å². The third kappa shape index (κ3) is 4.45. The lowest BCUT2D eigenvalue weighted by atomic mass is 9.93. The first-order chi connectivity index (χ1) is 12.2. The van der Waals surface area contributed by atoms with Crippen LogP contribution in [0.1, 0.15) is 39.7 Å². The van der Waals surface area contributed by atoms with Gasteiger partial charge in [-0.05, 0) is 38.7 Å². The number of hydrogen-bond donors (Lipinski definition) is 2. The number of aromatic nitrogens is 3. The summed E-state index contributed by atoms with van der Waals surface area (Å²) in [5.41, 5.74) is 1.37. The number of alkyl carbamates (subject to hydrolysis) is 1. The second-order valence-electron chi connectivity index (χ2n) is 7.96. The number of likely N-dealkylation sites (tertiary alicyclic amines) is 1. The van der Waals surface area contributed by atoms with Crippen LogP contribution in [0.3, 0.4) is 0 Å². The van der Waals surface area contributed by atoms with E-state index in [1.165, 1.54) is 6.33 Å². The van der Waals surface area contributed by atoms with Crippen molar-refractivity contribution < 1.29 is 9.53 Å². The molecule has 2 aromatic rings. The Morgan fingerprint density at radius 2 is 2.23 bits per heavy atom. The second kappa shape index (κ2) is 7.40. The Hall–Kier alpha value is -1.86. The van der Waals surface area contributed by atoms with Gasteiger partial charge >= 0.3 is 6.09 Å². The van der Waals surface area contributed by atoms with Crippen LogP contribution in [0.4, 0.5) is 4.79 Å². The van der Waals surface area contributed by atoms with Gasteiger partial charge in [-0.1, -0.05) is 18.5 Å². The van der Waals surface area contributed by atoms with E-state index in [9.17, 15) is 4.79 Å².